The van der Waals surface area contributed by atoms with E-state index in [4.69, 9.17) is 0 Å². The first-order chi connectivity index (χ1) is 23.3. The summed E-state index contributed by atoms with van der Waals surface area (Å²) in [6, 6.07) is 37.3. The fourth-order valence-corrected chi connectivity index (χ4v) is 7.23. The average Bonchev–Trinajstić information content (AvgIpc) is 3.66. The van der Waals surface area contributed by atoms with Gasteiger partial charge in [-0.25, -0.2) is 6.07 Å². The fraction of sp³-hybridized carbons (Fsp3) is 0.388. The third kappa shape index (κ3) is 11.8. The summed E-state index contributed by atoms with van der Waals surface area (Å²) in [6.45, 7) is 29.2. The van der Waals surface area contributed by atoms with Crippen molar-refractivity contribution in [1.29, 1.82) is 0 Å². The molecule has 1 aliphatic carbocycles. The molecule has 0 fully saturated rings. The second-order valence-corrected chi connectivity index (χ2v) is 18.4. The first-order valence-electron chi connectivity index (χ1n) is 18.5. The van der Waals surface area contributed by atoms with Gasteiger partial charge in [-0.05, 0) is 17.4 Å². The van der Waals surface area contributed by atoms with Crippen LogP contribution in [-0.4, -0.2) is 3.21 Å². The Hall–Kier alpha value is -2.44. The predicted octanol–water partition coefficient (Wildman–Crippen LogP) is 6.91. The van der Waals surface area contributed by atoms with Gasteiger partial charge in [-0.15, -0.1) is 5.56 Å². The third-order valence-electron chi connectivity index (χ3n) is 9.84. The SMILES string of the molecule is CC(C)(C)c1c[c-]c2c(c1)-c1cc(C(C)(C)C)ccc1C2.CCc1cc(C(C)(C)C)c(CC)[cH-]1.Cc1ccc([C](=[Zr+2])c2ccc(C)cc2)cc1.[Cl-].[Cl-]. The Balaban J connectivity index is 0.000000273. The molecule has 3 heteroatoms. The van der Waals surface area contributed by atoms with Gasteiger partial charge in [0.2, 0.25) is 0 Å². The van der Waals surface area contributed by atoms with E-state index in [1.165, 1.54) is 99.8 Å². The van der Waals surface area contributed by atoms with Crippen LogP contribution in [0, 0.1) is 19.9 Å². The van der Waals surface area contributed by atoms with E-state index in [9.17, 15) is 0 Å². The minimum Gasteiger partial charge on any atom is -1.00 e. The zero-order valence-corrected chi connectivity index (χ0v) is 38.0. The van der Waals surface area contributed by atoms with E-state index in [1.807, 2.05) is 0 Å². The molecule has 0 N–H and O–H groups in total. The molecule has 0 heterocycles. The summed E-state index contributed by atoms with van der Waals surface area (Å²) >= 11 is 1.46. The Morgan fingerprint density at radius 1 is 0.635 bits per heavy atom. The van der Waals surface area contributed by atoms with Gasteiger partial charge in [-0.1, -0.05) is 129 Å². The second-order valence-electron chi connectivity index (χ2n) is 17.2. The molecule has 0 radical (unpaired) electrons. The quantitative estimate of drug-likeness (QED) is 0.170. The molecule has 6 rings (SSSR count). The second kappa shape index (κ2) is 18.7. The van der Waals surface area contributed by atoms with Gasteiger partial charge in [0, 0.05) is 0 Å². The molecule has 5 aromatic carbocycles. The number of benzene rings is 4. The van der Waals surface area contributed by atoms with E-state index in [0.29, 0.717) is 5.41 Å². The summed E-state index contributed by atoms with van der Waals surface area (Å²) < 4.78 is 1.42. The number of hydrogen-bond acceptors (Lipinski definition) is 0. The summed E-state index contributed by atoms with van der Waals surface area (Å²) in [5.74, 6) is 0. The van der Waals surface area contributed by atoms with Crippen LogP contribution in [0.3, 0.4) is 0 Å². The van der Waals surface area contributed by atoms with E-state index in [-0.39, 0.29) is 35.6 Å². The number of aryl methyl sites for hydroxylation is 4. The molecule has 0 spiro atoms. The minimum atomic E-state index is 0. The smallest absolute Gasteiger partial charge is 1.00 e. The van der Waals surface area contributed by atoms with Crippen LogP contribution in [0.2, 0.25) is 0 Å². The molecule has 0 bridgehead atoms. The van der Waals surface area contributed by atoms with Gasteiger partial charge in [-0.3, -0.25) is 0 Å². The van der Waals surface area contributed by atoms with Crippen molar-refractivity contribution in [3.63, 3.8) is 0 Å². The van der Waals surface area contributed by atoms with Gasteiger partial charge < -0.3 is 24.8 Å². The molecule has 1 aliphatic rings. The van der Waals surface area contributed by atoms with Gasteiger partial charge in [0.05, 0.1) is 0 Å². The molecule has 0 aliphatic heterocycles. The molecule has 0 amide bonds. The molecule has 0 aromatic heterocycles. The van der Waals surface area contributed by atoms with Crippen LogP contribution in [0.5, 0.6) is 0 Å². The van der Waals surface area contributed by atoms with Gasteiger partial charge in [0.1, 0.15) is 0 Å². The minimum absolute atomic E-state index is 0. The van der Waals surface area contributed by atoms with Crippen molar-refractivity contribution in [3.8, 4) is 11.1 Å². The Kier molecular flexibility index (Phi) is 16.5. The molecular formula is C49H60Cl2Zr-2. The molecule has 276 valence electrons. The van der Waals surface area contributed by atoms with Crippen LogP contribution in [0.15, 0.2) is 91.0 Å². The summed E-state index contributed by atoms with van der Waals surface area (Å²) in [5.41, 5.74) is 18.9. The third-order valence-corrected chi connectivity index (χ3v) is 11.3. The van der Waals surface area contributed by atoms with Crippen LogP contribution < -0.4 is 24.8 Å². The summed E-state index contributed by atoms with van der Waals surface area (Å²) in [6.07, 6.45) is 3.34. The van der Waals surface area contributed by atoms with E-state index in [2.05, 4.69) is 187 Å². The number of fused-ring (bicyclic) bond motifs is 3. The Morgan fingerprint density at radius 3 is 1.56 bits per heavy atom. The fourth-order valence-electron chi connectivity index (χ4n) is 6.41. The Labute approximate surface area is 344 Å². The van der Waals surface area contributed by atoms with Gasteiger partial charge in [0.15, 0.2) is 0 Å². The van der Waals surface area contributed by atoms with Crippen molar-refractivity contribution in [2.45, 2.75) is 126 Å². The zero-order valence-electron chi connectivity index (χ0n) is 34.0. The normalized spacial score (nSPS) is 11.8. The van der Waals surface area contributed by atoms with Gasteiger partial charge in [0.25, 0.3) is 0 Å². The van der Waals surface area contributed by atoms with Crippen molar-refractivity contribution in [3.05, 3.63) is 158 Å². The summed E-state index contributed by atoms with van der Waals surface area (Å²) in [5, 5.41) is 0. The number of rotatable bonds is 4. The molecule has 0 nitrogen and oxygen atoms in total. The average molecular weight is 811 g/mol. The summed E-state index contributed by atoms with van der Waals surface area (Å²) in [4.78, 5) is 0. The van der Waals surface area contributed by atoms with Crippen LogP contribution in [0.1, 0.15) is 137 Å². The van der Waals surface area contributed by atoms with Crippen molar-refractivity contribution in [2.24, 2.45) is 0 Å². The van der Waals surface area contributed by atoms with E-state index >= 15 is 0 Å². The molecule has 0 unspecified atom stereocenters. The van der Waals surface area contributed by atoms with E-state index < -0.39 is 0 Å². The molecule has 0 saturated heterocycles. The van der Waals surface area contributed by atoms with Gasteiger partial charge >= 0.3 is 112 Å². The first kappa shape index (κ1) is 45.7. The largest absolute Gasteiger partial charge is 1.00 e. The van der Waals surface area contributed by atoms with Crippen molar-refractivity contribution < 1.29 is 49.0 Å². The summed E-state index contributed by atoms with van der Waals surface area (Å²) in [7, 11) is 0. The predicted molar refractivity (Wildman–Crippen MR) is 216 cm³/mol. The number of halogens is 2. The van der Waals surface area contributed by atoms with Crippen LogP contribution in [0.25, 0.3) is 11.1 Å². The van der Waals surface area contributed by atoms with Gasteiger partial charge in [-0.2, -0.15) is 52.1 Å². The van der Waals surface area contributed by atoms with Crippen molar-refractivity contribution in [1.82, 2.24) is 0 Å². The standard InChI is InChI=1S/C21H25.C15H14.C13H21.2ClH.Zr/c1-20(2,3)16-9-7-14-11-15-8-10-17(21(4,5)6)13-19(15)18(14)12-16;1-12-3-7-14(8-4-12)11-15-9-5-13(2)6-10-15;1-6-10-8-11(7-2)12(9-10)13(3,4)5;;;/h7,9-10,12-13H,11H2,1-6H3;3-10H,1-2H3;8-9H,6-7H2,1-5H3;2*1H;/q-1;;-1;;;+2/p-2. The maximum atomic E-state index is 3.53. The molecular weight excluding hydrogens is 751 g/mol. The maximum absolute atomic E-state index is 3.53. The Bertz CT molecular complexity index is 1790. The number of hydrogen-bond donors (Lipinski definition) is 0. The van der Waals surface area contributed by atoms with Crippen molar-refractivity contribution in [2.75, 3.05) is 0 Å². The van der Waals surface area contributed by atoms with E-state index in [1.54, 1.807) is 0 Å². The molecule has 5 aromatic rings. The first-order valence-corrected chi connectivity index (χ1v) is 19.7. The zero-order chi connectivity index (χ0) is 37.0. The molecule has 0 saturated carbocycles. The Morgan fingerprint density at radius 2 is 1.13 bits per heavy atom. The van der Waals surface area contributed by atoms with Crippen LogP contribution >= 0.6 is 0 Å². The topological polar surface area (TPSA) is 0 Å². The molecule has 52 heavy (non-hydrogen) atoms. The van der Waals surface area contributed by atoms with Crippen molar-refractivity contribution >= 4 is 3.21 Å². The molecule has 0 atom stereocenters. The van der Waals surface area contributed by atoms with E-state index in [0.717, 1.165) is 19.3 Å². The van der Waals surface area contributed by atoms with Crippen LogP contribution in [0.4, 0.5) is 0 Å². The maximum Gasteiger partial charge on any atom is -1.00 e. The monoisotopic (exact) mass is 808 g/mol. The van der Waals surface area contributed by atoms with Crippen LogP contribution in [-0.2, 0) is 59.7 Å².